The highest BCUT2D eigenvalue weighted by atomic mass is 32.1. The van der Waals surface area contributed by atoms with Crippen LogP contribution in [-0.2, 0) is 11.8 Å². The quantitative estimate of drug-likeness (QED) is 0.575. The van der Waals surface area contributed by atoms with E-state index in [0.29, 0.717) is 18.1 Å². The van der Waals surface area contributed by atoms with E-state index in [2.05, 4.69) is 51.2 Å². The van der Waals surface area contributed by atoms with Gasteiger partial charge in [-0.3, -0.25) is 9.78 Å². The third kappa shape index (κ3) is 4.46. The van der Waals surface area contributed by atoms with E-state index in [-0.39, 0.29) is 18.0 Å². The van der Waals surface area contributed by atoms with Crippen molar-refractivity contribution in [2.24, 2.45) is 7.05 Å². The van der Waals surface area contributed by atoms with Crippen molar-refractivity contribution < 1.29 is 4.79 Å². The molecule has 0 saturated carbocycles. The molecule has 1 fully saturated rings. The number of hydrogen-bond acceptors (Lipinski definition) is 3. The zero-order chi connectivity index (χ0) is 22.0. The van der Waals surface area contributed by atoms with Crippen LogP contribution in [0.4, 0.5) is 5.69 Å². The van der Waals surface area contributed by atoms with Crippen LogP contribution in [0.3, 0.4) is 0 Å². The monoisotopic (exact) mass is 433 g/mol. The molecule has 0 bridgehead atoms. The number of anilines is 1. The smallest absolute Gasteiger partial charge is 0.226 e. The Hall–Kier alpha value is -3.19. The molecule has 0 spiro atoms. The summed E-state index contributed by atoms with van der Waals surface area (Å²) in [4.78, 5) is 19.3. The fourth-order valence-electron chi connectivity index (χ4n) is 3.98. The summed E-state index contributed by atoms with van der Waals surface area (Å²) in [5.74, 6) is -0.0326. The van der Waals surface area contributed by atoms with E-state index in [0.717, 1.165) is 22.6 Å². The number of amides is 1. The van der Waals surface area contributed by atoms with Crippen LogP contribution in [0.5, 0.6) is 0 Å². The predicted molar refractivity (Wildman–Crippen MR) is 127 cm³/mol. The molecule has 1 aromatic carbocycles. The second-order valence-corrected chi connectivity index (χ2v) is 8.33. The van der Waals surface area contributed by atoms with Crippen molar-refractivity contribution in [1.82, 2.24) is 19.8 Å². The lowest BCUT2D eigenvalue weighted by Gasteiger charge is -2.28. The third-order valence-corrected chi connectivity index (χ3v) is 6.18. The molecule has 3 aromatic rings. The van der Waals surface area contributed by atoms with Crippen LogP contribution in [0.15, 0.2) is 60.8 Å². The minimum Gasteiger partial charge on any atom is -0.352 e. The minimum atomic E-state index is -0.0816. The molecule has 2 aromatic heterocycles. The van der Waals surface area contributed by atoms with Gasteiger partial charge in [-0.25, -0.2) is 0 Å². The Kier molecular flexibility index (Phi) is 6.04. The van der Waals surface area contributed by atoms with Crippen LogP contribution < -0.4 is 10.6 Å². The average molecular weight is 434 g/mol. The molecule has 160 valence electrons. The van der Waals surface area contributed by atoms with E-state index in [1.165, 1.54) is 5.69 Å². The van der Waals surface area contributed by atoms with Crippen LogP contribution in [0.2, 0.25) is 0 Å². The van der Waals surface area contributed by atoms with Crippen molar-refractivity contribution in [3.63, 3.8) is 0 Å². The van der Waals surface area contributed by atoms with Crippen LogP contribution in [0.25, 0.3) is 0 Å². The first-order valence-electron chi connectivity index (χ1n) is 10.4. The van der Waals surface area contributed by atoms with Gasteiger partial charge in [-0.2, -0.15) is 0 Å². The lowest BCUT2D eigenvalue weighted by atomic mass is 10.0. The Bertz CT molecular complexity index is 1080. The Morgan fingerprint density at radius 3 is 2.55 bits per heavy atom. The number of benzene rings is 1. The van der Waals surface area contributed by atoms with E-state index in [1.807, 2.05) is 49.4 Å². The van der Waals surface area contributed by atoms with Gasteiger partial charge >= 0.3 is 0 Å². The molecule has 2 unspecified atom stereocenters. The second kappa shape index (κ2) is 8.89. The minimum absolute atomic E-state index is 0.0326. The lowest BCUT2D eigenvalue weighted by Crippen LogP contribution is -2.33. The third-order valence-electron chi connectivity index (χ3n) is 5.83. The SMILES string of the molecule is Cc1ccc(NC(=O)CCN2C(=S)NC(c3ccccn3)C2c2ccc(C)n2C)cc1. The Morgan fingerprint density at radius 2 is 1.90 bits per heavy atom. The summed E-state index contributed by atoms with van der Waals surface area (Å²) in [5, 5.41) is 7.05. The highest BCUT2D eigenvalue weighted by Gasteiger charge is 2.41. The molecule has 7 heteroatoms. The number of hydrogen-bond donors (Lipinski definition) is 2. The highest BCUT2D eigenvalue weighted by Crippen LogP contribution is 2.38. The molecule has 0 aliphatic carbocycles. The van der Waals surface area contributed by atoms with Crippen LogP contribution in [0.1, 0.15) is 41.1 Å². The van der Waals surface area contributed by atoms with E-state index in [4.69, 9.17) is 12.2 Å². The summed E-state index contributed by atoms with van der Waals surface area (Å²) >= 11 is 5.69. The van der Waals surface area contributed by atoms with Gasteiger partial charge in [0.15, 0.2) is 5.11 Å². The van der Waals surface area contributed by atoms with Gasteiger partial charge in [0.2, 0.25) is 5.91 Å². The van der Waals surface area contributed by atoms with Gasteiger partial charge in [0, 0.05) is 43.3 Å². The maximum atomic E-state index is 12.6. The molecule has 1 aliphatic rings. The standard InChI is InChI=1S/C24H27N5OS/c1-16-7-10-18(11-8-16)26-21(30)13-15-29-23(20-12-9-17(2)28(20)3)22(27-24(29)31)19-6-4-5-14-25-19/h4-12,14,22-23H,13,15H2,1-3H3,(H,26,30)(H,27,31). The Balaban J connectivity index is 1.54. The Morgan fingerprint density at radius 1 is 1.13 bits per heavy atom. The van der Waals surface area contributed by atoms with Crippen LogP contribution in [-0.4, -0.2) is 32.0 Å². The zero-order valence-corrected chi connectivity index (χ0v) is 18.8. The predicted octanol–water partition coefficient (Wildman–Crippen LogP) is 4.04. The summed E-state index contributed by atoms with van der Waals surface area (Å²) in [5.41, 5.74) is 5.20. The topological polar surface area (TPSA) is 62.2 Å². The van der Waals surface area contributed by atoms with Crippen molar-refractivity contribution in [3.05, 3.63) is 83.4 Å². The van der Waals surface area contributed by atoms with Gasteiger partial charge < -0.3 is 20.1 Å². The number of thiocarbonyl (C=S) groups is 1. The highest BCUT2D eigenvalue weighted by molar-refractivity contribution is 7.80. The van der Waals surface area contributed by atoms with E-state index < -0.39 is 0 Å². The maximum absolute atomic E-state index is 12.6. The molecule has 1 saturated heterocycles. The van der Waals surface area contributed by atoms with Gasteiger partial charge in [-0.05, 0) is 62.5 Å². The van der Waals surface area contributed by atoms with Gasteiger partial charge in [-0.1, -0.05) is 23.8 Å². The second-order valence-electron chi connectivity index (χ2n) is 7.94. The van der Waals surface area contributed by atoms with Crippen molar-refractivity contribution >= 4 is 28.9 Å². The molecule has 31 heavy (non-hydrogen) atoms. The molecule has 1 amide bonds. The largest absolute Gasteiger partial charge is 0.352 e. The molecule has 4 rings (SSSR count). The number of rotatable bonds is 6. The number of aryl methyl sites for hydroxylation is 2. The molecular weight excluding hydrogens is 406 g/mol. The fourth-order valence-corrected chi connectivity index (χ4v) is 4.31. The maximum Gasteiger partial charge on any atom is 0.226 e. The first kappa shape index (κ1) is 21.1. The van der Waals surface area contributed by atoms with E-state index in [9.17, 15) is 4.79 Å². The molecule has 2 N–H and O–H groups in total. The zero-order valence-electron chi connectivity index (χ0n) is 18.0. The summed E-state index contributed by atoms with van der Waals surface area (Å²) in [6.45, 7) is 4.62. The summed E-state index contributed by atoms with van der Waals surface area (Å²) in [6.07, 6.45) is 2.13. The molecule has 3 heterocycles. The molecular formula is C24H27N5OS. The van der Waals surface area contributed by atoms with Gasteiger partial charge in [-0.15, -0.1) is 0 Å². The number of nitrogens with one attached hydrogen (secondary N) is 2. The molecule has 0 radical (unpaired) electrons. The summed E-state index contributed by atoms with van der Waals surface area (Å²) in [7, 11) is 2.06. The van der Waals surface area contributed by atoms with Gasteiger partial charge in [0.25, 0.3) is 0 Å². The van der Waals surface area contributed by atoms with Crippen LogP contribution >= 0.6 is 12.2 Å². The van der Waals surface area contributed by atoms with E-state index >= 15 is 0 Å². The number of carbonyl (C=O) groups is 1. The molecule has 1 aliphatic heterocycles. The number of nitrogens with zero attached hydrogens (tertiary/aromatic N) is 3. The van der Waals surface area contributed by atoms with Gasteiger partial charge in [0.05, 0.1) is 17.8 Å². The summed E-state index contributed by atoms with van der Waals surface area (Å²) < 4.78 is 2.18. The fraction of sp³-hybridized carbons (Fsp3) is 0.292. The lowest BCUT2D eigenvalue weighted by molar-refractivity contribution is -0.116. The van der Waals surface area contributed by atoms with Crippen molar-refractivity contribution in [2.45, 2.75) is 32.4 Å². The molecule has 2 atom stereocenters. The van der Waals surface area contributed by atoms with Gasteiger partial charge in [0.1, 0.15) is 0 Å². The summed E-state index contributed by atoms with van der Waals surface area (Å²) in [6, 6.07) is 17.8. The normalized spacial score (nSPS) is 18.2. The van der Waals surface area contributed by atoms with Crippen molar-refractivity contribution in [3.8, 4) is 0 Å². The number of carbonyl (C=O) groups excluding carboxylic acids is 1. The first-order valence-corrected chi connectivity index (χ1v) is 10.8. The van der Waals surface area contributed by atoms with Crippen LogP contribution in [0, 0.1) is 13.8 Å². The van der Waals surface area contributed by atoms with Crippen molar-refractivity contribution in [2.75, 3.05) is 11.9 Å². The molecule has 6 nitrogen and oxygen atoms in total. The number of aromatic nitrogens is 2. The number of pyridine rings is 1. The average Bonchev–Trinajstić information content (AvgIpc) is 3.27. The van der Waals surface area contributed by atoms with Crippen molar-refractivity contribution in [1.29, 1.82) is 0 Å². The van der Waals surface area contributed by atoms with E-state index in [1.54, 1.807) is 6.20 Å². The Labute approximate surface area is 188 Å². The first-order chi connectivity index (χ1) is 14.9.